The molecule has 1 rings (SSSR count). The molecule has 4 heteroatoms. The van der Waals surface area contributed by atoms with Crippen molar-refractivity contribution < 1.29 is 14.2 Å². The van der Waals surface area contributed by atoms with E-state index in [1.54, 1.807) is 21.3 Å². The van der Waals surface area contributed by atoms with Gasteiger partial charge in [0.1, 0.15) is 22.9 Å². The second kappa shape index (κ2) is 5.49. The number of rotatable bonds is 5. The second-order valence-corrected chi connectivity index (χ2v) is 3.39. The Bertz CT molecular complexity index is 327. The van der Waals surface area contributed by atoms with Crippen molar-refractivity contribution in [2.45, 2.75) is 6.92 Å². The highest BCUT2D eigenvalue weighted by atomic mass is 16.5. The van der Waals surface area contributed by atoms with Gasteiger partial charge in [0.2, 0.25) is 0 Å². The van der Waals surface area contributed by atoms with E-state index < -0.39 is 0 Å². The predicted octanol–water partition coefficient (Wildman–Crippen LogP) is 2.17. The number of hydrogen-bond acceptors (Lipinski definition) is 4. The van der Waals surface area contributed by atoms with Crippen molar-refractivity contribution in [1.29, 1.82) is 0 Å². The van der Waals surface area contributed by atoms with E-state index in [4.69, 9.17) is 14.2 Å². The van der Waals surface area contributed by atoms with Crippen molar-refractivity contribution in [2.75, 3.05) is 39.8 Å². The predicted molar refractivity (Wildman–Crippen MR) is 65.0 cm³/mol. The first-order chi connectivity index (χ1) is 7.67. The molecule has 90 valence electrons. The van der Waals surface area contributed by atoms with E-state index in [9.17, 15) is 0 Å². The lowest BCUT2D eigenvalue weighted by Gasteiger charge is -2.23. The van der Waals surface area contributed by atoms with Gasteiger partial charge in [-0.2, -0.15) is 0 Å². The normalized spacial score (nSPS) is 9.81. The van der Waals surface area contributed by atoms with Crippen LogP contribution in [0, 0.1) is 0 Å². The largest absolute Gasteiger partial charge is 0.496 e. The number of benzene rings is 1. The van der Waals surface area contributed by atoms with E-state index in [1.165, 1.54) is 0 Å². The van der Waals surface area contributed by atoms with Gasteiger partial charge in [-0.05, 0) is 6.92 Å². The van der Waals surface area contributed by atoms with Crippen molar-refractivity contribution in [3.8, 4) is 17.2 Å². The lowest BCUT2D eigenvalue weighted by Crippen LogP contribution is -2.17. The summed E-state index contributed by atoms with van der Waals surface area (Å²) >= 11 is 0. The van der Waals surface area contributed by atoms with Gasteiger partial charge in [0.25, 0.3) is 0 Å². The standard InChI is InChI=1S/C12H19NO3/c1-6-13(2)12-10(15-4)7-9(14-3)8-11(12)16-5/h7-8H,6H2,1-5H3. The van der Waals surface area contributed by atoms with Crippen LogP contribution >= 0.6 is 0 Å². The first-order valence-corrected chi connectivity index (χ1v) is 5.19. The molecule has 0 atom stereocenters. The zero-order valence-corrected chi connectivity index (χ0v) is 10.5. The third-order valence-electron chi connectivity index (χ3n) is 2.55. The van der Waals surface area contributed by atoms with Crippen LogP contribution in [0.25, 0.3) is 0 Å². The molecule has 0 N–H and O–H groups in total. The lowest BCUT2D eigenvalue weighted by atomic mass is 10.2. The summed E-state index contributed by atoms with van der Waals surface area (Å²) in [5, 5.41) is 0. The summed E-state index contributed by atoms with van der Waals surface area (Å²) in [4.78, 5) is 2.07. The van der Waals surface area contributed by atoms with E-state index in [0.29, 0.717) is 0 Å². The molecule has 0 spiro atoms. The number of nitrogens with zero attached hydrogens (tertiary/aromatic N) is 1. The molecule has 1 aromatic carbocycles. The minimum Gasteiger partial charge on any atom is -0.496 e. The molecule has 0 saturated heterocycles. The maximum Gasteiger partial charge on any atom is 0.149 e. The monoisotopic (exact) mass is 225 g/mol. The van der Waals surface area contributed by atoms with Crippen molar-refractivity contribution in [3.63, 3.8) is 0 Å². The van der Waals surface area contributed by atoms with E-state index in [-0.39, 0.29) is 0 Å². The molecule has 1 aromatic rings. The Morgan fingerprint density at radius 3 is 1.81 bits per heavy atom. The highest BCUT2D eigenvalue weighted by Crippen LogP contribution is 2.40. The molecule has 0 amide bonds. The minimum absolute atomic E-state index is 0.724. The van der Waals surface area contributed by atoms with Crippen LogP contribution in [-0.4, -0.2) is 34.9 Å². The highest BCUT2D eigenvalue weighted by molar-refractivity contribution is 5.69. The van der Waals surface area contributed by atoms with Gasteiger partial charge in [-0.1, -0.05) is 0 Å². The SMILES string of the molecule is CCN(C)c1c(OC)cc(OC)cc1OC. The van der Waals surface area contributed by atoms with Gasteiger partial charge >= 0.3 is 0 Å². The summed E-state index contributed by atoms with van der Waals surface area (Å²) in [7, 11) is 6.90. The molecule has 0 unspecified atom stereocenters. The second-order valence-electron chi connectivity index (χ2n) is 3.39. The summed E-state index contributed by atoms with van der Waals surface area (Å²) in [6, 6.07) is 3.70. The van der Waals surface area contributed by atoms with Crippen LogP contribution in [0.1, 0.15) is 6.92 Å². The molecule has 0 radical (unpaired) electrons. The quantitative estimate of drug-likeness (QED) is 0.768. The first-order valence-electron chi connectivity index (χ1n) is 5.19. The summed E-state index contributed by atoms with van der Waals surface area (Å²) in [6.07, 6.45) is 0. The van der Waals surface area contributed by atoms with E-state index in [2.05, 4.69) is 11.8 Å². The summed E-state index contributed by atoms with van der Waals surface area (Å²) < 4.78 is 15.9. The Morgan fingerprint density at radius 1 is 1.00 bits per heavy atom. The third-order valence-corrected chi connectivity index (χ3v) is 2.55. The molecule has 0 fully saturated rings. The molecule has 0 aliphatic rings. The molecule has 0 aromatic heterocycles. The average Bonchev–Trinajstić information content (AvgIpc) is 2.35. The maximum atomic E-state index is 5.35. The van der Waals surface area contributed by atoms with Gasteiger partial charge in [0, 0.05) is 25.7 Å². The molecular formula is C12H19NO3. The van der Waals surface area contributed by atoms with E-state index in [0.717, 1.165) is 29.5 Å². The Labute approximate surface area is 96.7 Å². The van der Waals surface area contributed by atoms with Crippen LogP contribution in [-0.2, 0) is 0 Å². The van der Waals surface area contributed by atoms with Crippen molar-refractivity contribution in [1.82, 2.24) is 0 Å². The number of anilines is 1. The third kappa shape index (κ3) is 2.32. The zero-order chi connectivity index (χ0) is 12.1. The Kier molecular flexibility index (Phi) is 4.28. The topological polar surface area (TPSA) is 30.9 Å². The number of ether oxygens (including phenoxy) is 3. The van der Waals surface area contributed by atoms with Gasteiger partial charge in [-0.3, -0.25) is 0 Å². The fraction of sp³-hybridized carbons (Fsp3) is 0.500. The summed E-state index contributed by atoms with van der Waals surface area (Å²) in [5.41, 5.74) is 0.938. The van der Waals surface area contributed by atoms with Gasteiger partial charge in [0.15, 0.2) is 0 Å². The van der Waals surface area contributed by atoms with Crippen LogP contribution in [0.2, 0.25) is 0 Å². The lowest BCUT2D eigenvalue weighted by molar-refractivity contribution is 0.376. The van der Waals surface area contributed by atoms with Crippen LogP contribution in [0.3, 0.4) is 0 Å². The summed E-state index contributed by atoms with van der Waals surface area (Å²) in [6.45, 7) is 2.95. The van der Waals surface area contributed by atoms with Gasteiger partial charge in [-0.25, -0.2) is 0 Å². The van der Waals surface area contributed by atoms with Crippen LogP contribution in [0.15, 0.2) is 12.1 Å². The fourth-order valence-corrected chi connectivity index (χ4v) is 1.52. The Morgan fingerprint density at radius 2 is 1.50 bits per heavy atom. The molecular weight excluding hydrogens is 206 g/mol. The fourth-order valence-electron chi connectivity index (χ4n) is 1.52. The van der Waals surface area contributed by atoms with E-state index in [1.807, 2.05) is 19.2 Å². The van der Waals surface area contributed by atoms with E-state index >= 15 is 0 Å². The van der Waals surface area contributed by atoms with Crippen LogP contribution in [0.4, 0.5) is 5.69 Å². The van der Waals surface area contributed by atoms with Crippen molar-refractivity contribution >= 4 is 5.69 Å². The molecule has 0 aliphatic heterocycles. The number of methoxy groups -OCH3 is 3. The summed E-state index contributed by atoms with van der Waals surface area (Å²) in [5.74, 6) is 2.23. The molecule has 0 bridgehead atoms. The first kappa shape index (κ1) is 12.5. The maximum absolute atomic E-state index is 5.35. The average molecular weight is 225 g/mol. The van der Waals surface area contributed by atoms with Crippen LogP contribution < -0.4 is 19.1 Å². The zero-order valence-electron chi connectivity index (χ0n) is 10.5. The minimum atomic E-state index is 0.724. The molecule has 0 saturated carbocycles. The molecule has 0 heterocycles. The molecule has 16 heavy (non-hydrogen) atoms. The molecule has 0 aliphatic carbocycles. The van der Waals surface area contributed by atoms with Crippen LogP contribution in [0.5, 0.6) is 17.2 Å². The Hall–Kier alpha value is -1.58. The number of hydrogen-bond donors (Lipinski definition) is 0. The molecule has 4 nitrogen and oxygen atoms in total. The van der Waals surface area contributed by atoms with Gasteiger partial charge < -0.3 is 19.1 Å². The van der Waals surface area contributed by atoms with Gasteiger partial charge in [-0.15, -0.1) is 0 Å². The highest BCUT2D eigenvalue weighted by Gasteiger charge is 2.15. The van der Waals surface area contributed by atoms with Crippen molar-refractivity contribution in [3.05, 3.63) is 12.1 Å². The smallest absolute Gasteiger partial charge is 0.149 e. The van der Waals surface area contributed by atoms with Gasteiger partial charge in [0.05, 0.1) is 21.3 Å². The Balaban J connectivity index is 3.31. The van der Waals surface area contributed by atoms with Crippen molar-refractivity contribution in [2.24, 2.45) is 0 Å².